The first-order valence-electron chi connectivity index (χ1n) is 5.72. The quantitative estimate of drug-likeness (QED) is 0.775. The van der Waals surface area contributed by atoms with Gasteiger partial charge in [-0.3, -0.25) is 5.32 Å². The molecule has 2 rings (SSSR count). The summed E-state index contributed by atoms with van der Waals surface area (Å²) in [5.74, 6) is 0.272. The standard InChI is InChI=1S/C13H9BrF3N3O/c14-10-5-2-6-11(19-10)20-12(21)18-9-4-1-3-8(7-9)13(15,16)17/h1-7H,(H2,18,19,20,21). The van der Waals surface area contributed by atoms with Gasteiger partial charge in [0.15, 0.2) is 0 Å². The highest BCUT2D eigenvalue weighted by molar-refractivity contribution is 9.10. The molecule has 2 aromatic rings. The Kier molecular flexibility index (Phi) is 4.46. The number of nitrogens with one attached hydrogen (secondary N) is 2. The van der Waals surface area contributed by atoms with E-state index in [2.05, 4.69) is 31.5 Å². The van der Waals surface area contributed by atoms with Crippen LogP contribution in [0.3, 0.4) is 0 Å². The average molecular weight is 360 g/mol. The van der Waals surface area contributed by atoms with E-state index in [1.807, 2.05) is 0 Å². The average Bonchev–Trinajstić information content (AvgIpc) is 2.37. The number of rotatable bonds is 2. The van der Waals surface area contributed by atoms with E-state index in [1.54, 1.807) is 18.2 Å². The van der Waals surface area contributed by atoms with Crippen LogP contribution in [0.1, 0.15) is 5.56 Å². The minimum absolute atomic E-state index is 0.0392. The van der Waals surface area contributed by atoms with E-state index in [0.29, 0.717) is 4.60 Å². The third kappa shape index (κ3) is 4.45. The molecule has 0 saturated carbocycles. The second-order valence-corrected chi connectivity index (χ2v) is 4.82. The van der Waals surface area contributed by atoms with Crippen LogP contribution in [-0.2, 0) is 6.18 Å². The number of carbonyl (C=O) groups excluding carboxylic acids is 1. The fourth-order valence-electron chi connectivity index (χ4n) is 1.53. The number of hydrogen-bond donors (Lipinski definition) is 2. The molecular formula is C13H9BrF3N3O. The van der Waals surface area contributed by atoms with Crippen LogP contribution in [0, 0.1) is 0 Å². The lowest BCUT2D eigenvalue weighted by Crippen LogP contribution is -2.20. The Bertz CT molecular complexity index is 661. The van der Waals surface area contributed by atoms with Gasteiger partial charge in [0.2, 0.25) is 0 Å². The molecule has 0 spiro atoms. The molecule has 0 aliphatic rings. The van der Waals surface area contributed by atoms with Crippen LogP contribution in [0.5, 0.6) is 0 Å². The maximum Gasteiger partial charge on any atom is 0.416 e. The molecule has 0 unspecified atom stereocenters. The van der Waals surface area contributed by atoms with E-state index >= 15 is 0 Å². The summed E-state index contributed by atoms with van der Waals surface area (Å²) in [6.07, 6.45) is -4.46. The number of amides is 2. The predicted molar refractivity (Wildman–Crippen MR) is 76.0 cm³/mol. The van der Waals surface area contributed by atoms with Crippen molar-refractivity contribution in [1.29, 1.82) is 0 Å². The second-order valence-electron chi connectivity index (χ2n) is 4.00. The Morgan fingerprint density at radius 3 is 2.48 bits per heavy atom. The van der Waals surface area contributed by atoms with E-state index in [-0.39, 0.29) is 11.5 Å². The molecule has 4 nitrogen and oxygen atoms in total. The molecule has 2 amide bonds. The molecule has 0 aliphatic carbocycles. The number of halogens is 4. The van der Waals surface area contributed by atoms with Gasteiger partial charge in [-0.1, -0.05) is 12.1 Å². The van der Waals surface area contributed by atoms with E-state index < -0.39 is 17.8 Å². The third-order valence-electron chi connectivity index (χ3n) is 2.40. The molecule has 2 N–H and O–H groups in total. The fraction of sp³-hybridized carbons (Fsp3) is 0.0769. The van der Waals surface area contributed by atoms with Crippen LogP contribution in [0.25, 0.3) is 0 Å². The SMILES string of the molecule is O=C(Nc1cccc(C(F)(F)F)c1)Nc1cccc(Br)n1. The van der Waals surface area contributed by atoms with Gasteiger partial charge >= 0.3 is 12.2 Å². The smallest absolute Gasteiger partial charge is 0.308 e. The predicted octanol–water partition coefficient (Wildman–Crippen LogP) is 4.51. The minimum atomic E-state index is -4.46. The summed E-state index contributed by atoms with van der Waals surface area (Å²) in [7, 11) is 0. The molecule has 0 bridgehead atoms. The highest BCUT2D eigenvalue weighted by atomic mass is 79.9. The first kappa shape index (κ1) is 15.3. The minimum Gasteiger partial charge on any atom is -0.308 e. The molecule has 110 valence electrons. The molecule has 1 heterocycles. The molecule has 0 aliphatic heterocycles. The number of pyridine rings is 1. The van der Waals surface area contributed by atoms with Crippen molar-refractivity contribution in [2.45, 2.75) is 6.18 Å². The largest absolute Gasteiger partial charge is 0.416 e. The van der Waals surface area contributed by atoms with Crippen molar-refractivity contribution in [3.05, 3.63) is 52.6 Å². The van der Waals surface area contributed by atoms with E-state index in [9.17, 15) is 18.0 Å². The van der Waals surface area contributed by atoms with E-state index in [0.717, 1.165) is 12.1 Å². The summed E-state index contributed by atoms with van der Waals surface area (Å²) in [6.45, 7) is 0. The van der Waals surface area contributed by atoms with Crippen LogP contribution < -0.4 is 10.6 Å². The van der Waals surface area contributed by atoms with E-state index in [4.69, 9.17) is 0 Å². The number of carbonyl (C=O) groups is 1. The Morgan fingerprint density at radius 1 is 1.10 bits per heavy atom. The van der Waals surface area contributed by atoms with Crippen LogP contribution in [0.4, 0.5) is 29.5 Å². The summed E-state index contributed by atoms with van der Waals surface area (Å²) in [6, 6.07) is 8.58. The molecule has 21 heavy (non-hydrogen) atoms. The monoisotopic (exact) mass is 359 g/mol. The van der Waals surface area contributed by atoms with Gasteiger partial charge < -0.3 is 5.32 Å². The summed E-state index contributed by atoms with van der Waals surface area (Å²) >= 11 is 3.14. The maximum absolute atomic E-state index is 12.6. The fourth-order valence-corrected chi connectivity index (χ4v) is 1.87. The second kappa shape index (κ2) is 6.13. The van der Waals surface area contributed by atoms with Crippen molar-refractivity contribution in [3.8, 4) is 0 Å². The first-order valence-corrected chi connectivity index (χ1v) is 6.52. The van der Waals surface area contributed by atoms with Crippen molar-refractivity contribution >= 4 is 33.5 Å². The van der Waals surface area contributed by atoms with Crippen molar-refractivity contribution in [2.75, 3.05) is 10.6 Å². The molecule has 0 saturated heterocycles. The Morgan fingerprint density at radius 2 is 1.81 bits per heavy atom. The lowest BCUT2D eigenvalue weighted by atomic mass is 10.2. The summed E-state index contributed by atoms with van der Waals surface area (Å²) in [4.78, 5) is 15.7. The highest BCUT2D eigenvalue weighted by Crippen LogP contribution is 2.30. The van der Waals surface area contributed by atoms with Gasteiger partial charge in [-0.25, -0.2) is 9.78 Å². The van der Waals surface area contributed by atoms with Crippen molar-refractivity contribution in [1.82, 2.24) is 4.98 Å². The van der Waals surface area contributed by atoms with Crippen LogP contribution in [-0.4, -0.2) is 11.0 Å². The van der Waals surface area contributed by atoms with Crippen LogP contribution in [0.2, 0.25) is 0 Å². The normalized spacial score (nSPS) is 11.0. The number of benzene rings is 1. The summed E-state index contributed by atoms with van der Waals surface area (Å²) < 4.78 is 38.2. The topological polar surface area (TPSA) is 54.0 Å². The number of anilines is 2. The first-order chi connectivity index (χ1) is 9.84. The summed E-state index contributed by atoms with van der Waals surface area (Å²) in [5, 5.41) is 4.73. The maximum atomic E-state index is 12.6. The molecule has 1 aromatic carbocycles. The van der Waals surface area contributed by atoms with Gasteiger partial charge in [0.05, 0.1) is 5.56 Å². The molecule has 8 heteroatoms. The Balaban J connectivity index is 2.06. The molecular weight excluding hydrogens is 351 g/mol. The van der Waals surface area contributed by atoms with Crippen LogP contribution >= 0.6 is 15.9 Å². The summed E-state index contributed by atoms with van der Waals surface area (Å²) in [5.41, 5.74) is -0.793. The third-order valence-corrected chi connectivity index (χ3v) is 2.85. The van der Waals surface area contributed by atoms with Crippen molar-refractivity contribution < 1.29 is 18.0 Å². The zero-order valence-corrected chi connectivity index (χ0v) is 12.0. The van der Waals surface area contributed by atoms with Gasteiger partial charge in [-0.15, -0.1) is 0 Å². The molecule has 0 atom stereocenters. The Labute approximate surface area is 126 Å². The molecule has 1 aromatic heterocycles. The number of hydrogen-bond acceptors (Lipinski definition) is 2. The van der Waals surface area contributed by atoms with Gasteiger partial charge in [0.1, 0.15) is 10.4 Å². The number of alkyl halides is 3. The number of urea groups is 1. The van der Waals surface area contributed by atoms with Gasteiger partial charge in [0.25, 0.3) is 0 Å². The lowest BCUT2D eigenvalue weighted by Gasteiger charge is -2.10. The van der Waals surface area contributed by atoms with Gasteiger partial charge in [-0.2, -0.15) is 13.2 Å². The Hall–Kier alpha value is -2.09. The van der Waals surface area contributed by atoms with Crippen LogP contribution in [0.15, 0.2) is 47.1 Å². The molecule has 0 fully saturated rings. The zero-order valence-electron chi connectivity index (χ0n) is 10.4. The number of nitrogens with zero attached hydrogens (tertiary/aromatic N) is 1. The van der Waals surface area contributed by atoms with Gasteiger partial charge in [0, 0.05) is 5.69 Å². The van der Waals surface area contributed by atoms with Crippen molar-refractivity contribution in [2.24, 2.45) is 0 Å². The number of aromatic nitrogens is 1. The van der Waals surface area contributed by atoms with Gasteiger partial charge in [-0.05, 0) is 46.3 Å². The zero-order chi connectivity index (χ0) is 15.5. The highest BCUT2D eigenvalue weighted by Gasteiger charge is 2.30. The lowest BCUT2D eigenvalue weighted by molar-refractivity contribution is -0.137. The van der Waals surface area contributed by atoms with Crippen molar-refractivity contribution in [3.63, 3.8) is 0 Å². The van der Waals surface area contributed by atoms with E-state index in [1.165, 1.54) is 12.1 Å². The molecule has 0 radical (unpaired) electrons.